The van der Waals surface area contributed by atoms with E-state index in [4.69, 9.17) is 4.74 Å². The number of rotatable bonds is 6. The molecule has 0 bridgehead atoms. The van der Waals surface area contributed by atoms with E-state index in [-0.39, 0.29) is 11.3 Å². The van der Waals surface area contributed by atoms with E-state index in [0.29, 0.717) is 16.9 Å². The molecule has 0 aromatic heterocycles. The summed E-state index contributed by atoms with van der Waals surface area (Å²) in [4.78, 5) is 34.3. The van der Waals surface area contributed by atoms with Crippen molar-refractivity contribution in [3.05, 3.63) is 103 Å². The molecular weight excluding hydrogens is 501 g/mol. The minimum absolute atomic E-state index is 0.0992. The maximum absolute atomic E-state index is 12.2. The van der Waals surface area contributed by atoms with Gasteiger partial charge in [-0.15, -0.1) is 0 Å². The molecular formula is C21H14IN3O5. The maximum atomic E-state index is 12.2. The molecule has 150 valence electrons. The summed E-state index contributed by atoms with van der Waals surface area (Å²) in [5.74, 6) is -0.562. The Morgan fingerprint density at radius 2 is 1.67 bits per heavy atom. The van der Waals surface area contributed by atoms with Crippen LogP contribution in [0.3, 0.4) is 0 Å². The minimum atomic E-state index is -0.540. The third kappa shape index (κ3) is 5.47. The monoisotopic (exact) mass is 515 g/mol. The Hall–Kier alpha value is -3.60. The summed E-state index contributed by atoms with van der Waals surface area (Å²) < 4.78 is 6.16. The Kier molecular flexibility index (Phi) is 6.86. The van der Waals surface area contributed by atoms with Gasteiger partial charge in [0.05, 0.1) is 16.7 Å². The zero-order valence-electron chi connectivity index (χ0n) is 15.3. The van der Waals surface area contributed by atoms with Gasteiger partial charge >= 0.3 is 5.97 Å². The van der Waals surface area contributed by atoms with E-state index >= 15 is 0 Å². The number of nitrogens with one attached hydrogen (secondary N) is 1. The van der Waals surface area contributed by atoms with Crippen molar-refractivity contribution in [3.8, 4) is 5.75 Å². The van der Waals surface area contributed by atoms with Crippen LogP contribution >= 0.6 is 22.6 Å². The van der Waals surface area contributed by atoms with Gasteiger partial charge in [-0.1, -0.05) is 12.1 Å². The quantitative estimate of drug-likeness (QED) is 0.132. The van der Waals surface area contributed by atoms with Crippen LogP contribution in [0.5, 0.6) is 5.75 Å². The lowest BCUT2D eigenvalue weighted by atomic mass is 10.2. The number of nitrogens with zero attached hydrogens (tertiary/aromatic N) is 2. The van der Waals surface area contributed by atoms with Crippen LogP contribution < -0.4 is 10.2 Å². The number of carbonyl (C=O) groups excluding carboxylic acids is 2. The third-order valence-corrected chi connectivity index (χ3v) is 4.85. The Labute approximate surface area is 184 Å². The Morgan fingerprint density at radius 1 is 1.00 bits per heavy atom. The first kappa shape index (κ1) is 21.1. The van der Waals surface area contributed by atoms with Gasteiger partial charge in [0.1, 0.15) is 5.75 Å². The SMILES string of the molecule is O=C(N/N=C\c1ccc(OC(=O)c2ccccc2I)cc1)c1ccc([N+](=O)[O-])cc1. The zero-order chi connectivity index (χ0) is 21.5. The van der Waals surface area contributed by atoms with E-state index in [2.05, 4.69) is 33.1 Å². The van der Waals surface area contributed by atoms with Crippen molar-refractivity contribution in [2.24, 2.45) is 5.10 Å². The van der Waals surface area contributed by atoms with Crippen molar-refractivity contribution in [3.63, 3.8) is 0 Å². The molecule has 0 spiro atoms. The number of halogens is 1. The van der Waals surface area contributed by atoms with E-state index in [1.54, 1.807) is 36.4 Å². The van der Waals surface area contributed by atoms with Gasteiger partial charge in [-0.25, -0.2) is 10.2 Å². The van der Waals surface area contributed by atoms with Gasteiger partial charge in [0.15, 0.2) is 0 Å². The molecule has 0 radical (unpaired) electrons. The number of hydrazone groups is 1. The van der Waals surface area contributed by atoms with E-state index in [1.165, 1.54) is 30.5 Å². The van der Waals surface area contributed by atoms with Gasteiger partial charge in [0.25, 0.3) is 11.6 Å². The molecule has 0 atom stereocenters. The number of hydrogen-bond donors (Lipinski definition) is 1. The Bertz CT molecular complexity index is 1110. The highest BCUT2D eigenvalue weighted by Gasteiger charge is 2.12. The predicted octanol–water partition coefficient (Wildman–Crippen LogP) is 4.18. The highest BCUT2D eigenvalue weighted by molar-refractivity contribution is 14.1. The number of non-ortho nitro benzene ring substituents is 1. The second kappa shape index (κ2) is 9.74. The standard InChI is InChI=1S/C21H14IN3O5/c22-19-4-2-1-3-18(19)21(27)30-17-11-5-14(6-12-17)13-23-24-20(26)15-7-9-16(10-8-15)25(28)29/h1-13H,(H,24,26)/b23-13-. The summed E-state index contributed by atoms with van der Waals surface area (Å²) >= 11 is 2.07. The van der Waals surface area contributed by atoms with Gasteiger partial charge in [0.2, 0.25) is 0 Å². The molecule has 0 saturated carbocycles. The minimum Gasteiger partial charge on any atom is -0.423 e. The molecule has 3 aromatic rings. The molecule has 0 unspecified atom stereocenters. The normalized spacial score (nSPS) is 10.6. The predicted molar refractivity (Wildman–Crippen MR) is 119 cm³/mol. The summed E-state index contributed by atoms with van der Waals surface area (Å²) in [6.07, 6.45) is 1.43. The molecule has 3 aromatic carbocycles. The third-order valence-electron chi connectivity index (χ3n) is 3.90. The summed E-state index contributed by atoms with van der Waals surface area (Å²) in [6.45, 7) is 0. The van der Waals surface area contributed by atoms with Crippen molar-refractivity contribution in [2.75, 3.05) is 0 Å². The first-order valence-corrected chi connectivity index (χ1v) is 9.66. The van der Waals surface area contributed by atoms with Gasteiger partial charge in [-0.05, 0) is 76.7 Å². The van der Waals surface area contributed by atoms with E-state index in [9.17, 15) is 19.7 Å². The molecule has 9 heteroatoms. The van der Waals surface area contributed by atoms with Crippen LogP contribution in [0.1, 0.15) is 26.3 Å². The fraction of sp³-hybridized carbons (Fsp3) is 0. The maximum Gasteiger partial charge on any atom is 0.344 e. The second-order valence-corrected chi connectivity index (χ2v) is 7.10. The fourth-order valence-electron chi connectivity index (χ4n) is 2.38. The lowest BCUT2D eigenvalue weighted by Gasteiger charge is -2.06. The summed E-state index contributed by atoms with van der Waals surface area (Å²) in [7, 11) is 0. The molecule has 3 rings (SSSR count). The largest absolute Gasteiger partial charge is 0.423 e. The van der Waals surface area contributed by atoms with Crippen molar-refractivity contribution in [1.29, 1.82) is 0 Å². The van der Waals surface area contributed by atoms with Crippen molar-refractivity contribution in [2.45, 2.75) is 0 Å². The van der Waals surface area contributed by atoms with Gasteiger partial charge < -0.3 is 4.74 Å². The number of hydrogen-bond acceptors (Lipinski definition) is 6. The molecule has 0 aliphatic carbocycles. The van der Waals surface area contributed by atoms with Crippen LogP contribution in [0.25, 0.3) is 0 Å². The second-order valence-electron chi connectivity index (χ2n) is 5.94. The van der Waals surface area contributed by atoms with Crippen molar-refractivity contribution in [1.82, 2.24) is 5.43 Å². The number of amides is 1. The molecule has 0 saturated heterocycles. The highest BCUT2D eigenvalue weighted by Crippen LogP contribution is 2.17. The molecule has 30 heavy (non-hydrogen) atoms. The van der Waals surface area contributed by atoms with Crippen LogP contribution in [0, 0.1) is 13.7 Å². The number of carbonyl (C=O) groups is 2. The topological polar surface area (TPSA) is 111 Å². The van der Waals surface area contributed by atoms with Gasteiger partial charge in [0, 0.05) is 21.3 Å². The highest BCUT2D eigenvalue weighted by atomic mass is 127. The molecule has 1 amide bonds. The van der Waals surface area contributed by atoms with Crippen LogP contribution in [0.4, 0.5) is 5.69 Å². The van der Waals surface area contributed by atoms with Crippen molar-refractivity contribution >= 4 is 46.4 Å². The summed E-state index contributed by atoms with van der Waals surface area (Å²) in [6, 6.07) is 18.9. The number of nitro benzene ring substituents is 1. The lowest BCUT2D eigenvalue weighted by Crippen LogP contribution is -2.17. The van der Waals surface area contributed by atoms with E-state index in [1.807, 2.05) is 12.1 Å². The van der Waals surface area contributed by atoms with Crippen LogP contribution in [-0.2, 0) is 0 Å². The summed E-state index contributed by atoms with van der Waals surface area (Å²) in [5.41, 5.74) is 3.65. The van der Waals surface area contributed by atoms with Crippen LogP contribution in [0.2, 0.25) is 0 Å². The van der Waals surface area contributed by atoms with E-state index in [0.717, 1.165) is 3.57 Å². The molecule has 0 fully saturated rings. The Balaban J connectivity index is 1.56. The average molecular weight is 515 g/mol. The van der Waals surface area contributed by atoms with Crippen LogP contribution in [0.15, 0.2) is 77.9 Å². The fourth-order valence-corrected chi connectivity index (χ4v) is 2.98. The zero-order valence-corrected chi connectivity index (χ0v) is 17.5. The van der Waals surface area contributed by atoms with Crippen molar-refractivity contribution < 1.29 is 19.2 Å². The number of nitro groups is 1. The average Bonchev–Trinajstić information content (AvgIpc) is 2.75. The lowest BCUT2D eigenvalue weighted by molar-refractivity contribution is -0.384. The molecule has 0 aliphatic heterocycles. The first-order chi connectivity index (χ1) is 14.4. The smallest absolute Gasteiger partial charge is 0.344 e. The van der Waals surface area contributed by atoms with E-state index < -0.39 is 16.8 Å². The molecule has 1 N–H and O–H groups in total. The van der Waals surface area contributed by atoms with Crippen LogP contribution in [-0.4, -0.2) is 23.0 Å². The number of ether oxygens (including phenoxy) is 1. The molecule has 8 nitrogen and oxygen atoms in total. The summed E-state index contributed by atoms with van der Waals surface area (Å²) in [5, 5.41) is 14.5. The molecule has 0 aliphatic rings. The first-order valence-electron chi connectivity index (χ1n) is 8.58. The number of benzene rings is 3. The van der Waals surface area contributed by atoms with Gasteiger partial charge in [-0.3, -0.25) is 14.9 Å². The van der Waals surface area contributed by atoms with Gasteiger partial charge in [-0.2, -0.15) is 5.10 Å². The number of esters is 1. The Morgan fingerprint density at radius 3 is 2.30 bits per heavy atom. The molecule has 0 heterocycles.